The summed E-state index contributed by atoms with van der Waals surface area (Å²) in [7, 11) is 0. The molecule has 0 saturated carbocycles. The lowest BCUT2D eigenvalue weighted by atomic mass is 9.84. The van der Waals surface area contributed by atoms with Gasteiger partial charge in [0, 0.05) is 24.5 Å². The van der Waals surface area contributed by atoms with Crippen molar-refractivity contribution in [2.75, 3.05) is 0 Å². The van der Waals surface area contributed by atoms with E-state index >= 15 is 0 Å². The number of alkyl halides is 1. The van der Waals surface area contributed by atoms with Crippen LogP contribution in [0.1, 0.15) is 43.5 Å². The second kappa shape index (κ2) is 6.03. The van der Waals surface area contributed by atoms with Gasteiger partial charge in [-0.3, -0.25) is 9.36 Å². The Bertz CT molecular complexity index is 1110. The summed E-state index contributed by atoms with van der Waals surface area (Å²) < 4.78 is 16.0. The molecule has 0 aromatic carbocycles. The van der Waals surface area contributed by atoms with E-state index in [0.717, 1.165) is 0 Å². The Kier molecular flexibility index (Phi) is 3.80. The molecule has 0 spiro atoms. The fourth-order valence-corrected chi connectivity index (χ4v) is 3.22. The molecule has 0 bridgehead atoms. The molecule has 0 N–H and O–H groups in total. The molecule has 1 aliphatic heterocycles. The Morgan fingerprint density at radius 1 is 1.27 bits per heavy atom. The third-order valence-corrected chi connectivity index (χ3v) is 4.42. The summed E-state index contributed by atoms with van der Waals surface area (Å²) in [6.07, 6.45) is 2.28. The maximum absolute atomic E-state index is 14.6. The van der Waals surface area contributed by atoms with Crippen LogP contribution in [0.25, 0.3) is 11.0 Å². The Morgan fingerprint density at radius 2 is 2.12 bits per heavy atom. The molecule has 0 fully saturated rings. The first kappa shape index (κ1) is 16.4. The number of hydrogen-bond acceptors (Lipinski definition) is 4. The van der Waals surface area contributed by atoms with Crippen LogP contribution in [-0.2, 0) is 6.54 Å². The minimum atomic E-state index is -1.26. The average molecular weight is 348 g/mol. The highest BCUT2D eigenvalue weighted by Crippen LogP contribution is 2.37. The molecule has 0 amide bonds. The molecular formula is C20H17FN4O. The molecule has 0 radical (unpaired) electrons. The summed E-state index contributed by atoms with van der Waals surface area (Å²) in [6, 6.07) is 7.15. The van der Waals surface area contributed by atoms with Crippen molar-refractivity contribution >= 4 is 11.0 Å². The minimum Gasteiger partial charge on any atom is -0.292 e. The van der Waals surface area contributed by atoms with Crippen molar-refractivity contribution in [3.8, 4) is 11.8 Å². The van der Waals surface area contributed by atoms with Gasteiger partial charge in [-0.15, -0.1) is 0 Å². The average Bonchev–Trinajstić information content (AvgIpc) is 2.61. The van der Waals surface area contributed by atoms with Gasteiger partial charge < -0.3 is 0 Å². The third-order valence-electron chi connectivity index (χ3n) is 4.42. The van der Waals surface area contributed by atoms with Crippen LogP contribution in [0, 0.1) is 17.3 Å². The second-order valence-electron chi connectivity index (χ2n) is 7.25. The van der Waals surface area contributed by atoms with E-state index in [2.05, 4.69) is 26.8 Å². The molecule has 3 aromatic heterocycles. The summed E-state index contributed by atoms with van der Waals surface area (Å²) in [6.45, 7) is 4.33. The Morgan fingerprint density at radius 3 is 2.88 bits per heavy atom. The maximum Gasteiger partial charge on any atom is 0.280 e. The van der Waals surface area contributed by atoms with Crippen molar-refractivity contribution in [2.24, 2.45) is 5.41 Å². The first-order valence-corrected chi connectivity index (χ1v) is 8.41. The van der Waals surface area contributed by atoms with E-state index in [-0.39, 0.29) is 22.3 Å². The molecule has 130 valence electrons. The molecule has 0 aliphatic carbocycles. The maximum atomic E-state index is 14.6. The third kappa shape index (κ3) is 2.97. The predicted octanol–water partition coefficient (Wildman–Crippen LogP) is 3.03. The van der Waals surface area contributed by atoms with Gasteiger partial charge >= 0.3 is 0 Å². The van der Waals surface area contributed by atoms with Crippen molar-refractivity contribution in [1.82, 2.24) is 19.5 Å². The second-order valence-corrected chi connectivity index (χ2v) is 7.25. The highest BCUT2D eigenvalue weighted by atomic mass is 19.1. The summed E-state index contributed by atoms with van der Waals surface area (Å²) in [5.74, 6) is 6.07. The smallest absolute Gasteiger partial charge is 0.280 e. The van der Waals surface area contributed by atoms with Crippen LogP contribution < -0.4 is 5.56 Å². The fraction of sp³-hybridized carbons (Fsp3) is 0.300. The quantitative estimate of drug-likeness (QED) is 0.586. The van der Waals surface area contributed by atoms with Crippen LogP contribution in [0.2, 0.25) is 0 Å². The lowest BCUT2D eigenvalue weighted by Gasteiger charge is -2.33. The number of pyridine rings is 2. The van der Waals surface area contributed by atoms with Crippen molar-refractivity contribution in [3.05, 3.63) is 64.1 Å². The van der Waals surface area contributed by atoms with Gasteiger partial charge in [-0.25, -0.2) is 19.3 Å². The molecule has 3 aromatic rings. The standard InChI is InChI=1S/C20H17FN4O/c1-20(2)10-15(21)18-24-16-9-13(6-7-14-5-3-4-8-22-14)11-23-17(16)19(26)25(18)12-20/h3-5,8-9,11,15H,10,12H2,1-2H3. The van der Waals surface area contributed by atoms with Crippen LogP contribution in [0.3, 0.4) is 0 Å². The lowest BCUT2D eigenvalue weighted by molar-refractivity contribution is 0.137. The van der Waals surface area contributed by atoms with Crippen LogP contribution in [0.4, 0.5) is 4.39 Å². The van der Waals surface area contributed by atoms with E-state index in [1.807, 2.05) is 26.0 Å². The zero-order valence-corrected chi connectivity index (χ0v) is 14.5. The largest absolute Gasteiger partial charge is 0.292 e. The highest BCUT2D eigenvalue weighted by molar-refractivity contribution is 5.74. The van der Waals surface area contributed by atoms with Crippen LogP contribution in [0.5, 0.6) is 0 Å². The monoisotopic (exact) mass is 348 g/mol. The van der Waals surface area contributed by atoms with Gasteiger partial charge in [0.15, 0.2) is 11.7 Å². The van der Waals surface area contributed by atoms with Gasteiger partial charge in [0.25, 0.3) is 5.56 Å². The zero-order valence-electron chi connectivity index (χ0n) is 14.5. The minimum absolute atomic E-state index is 0.179. The number of hydrogen-bond donors (Lipinski definition) is 0. The van der Waals surface area contributed by atoms with Gasteiger partial charge in [0.05, 0.1) is 5.52 Å². The zero-order chi connectivity index (χ0) is 18.3. The van der Waals surface area contributed by atoms with Crippen LogP contribution in [-0.4, -0.2) is 19.5 Å². The SMILES string of the molecule is CC1(C)CC(F)c2nc3cc(C#Cc4ccccn4)cnc3c(=O)n2C1. The number of halogens is 1. The van der Waals surface area contributed by atoms with Gasteiger partial charge in [-0.1, -0.05) is 25.8 Å². The number of nitrogens with zero attached hydrogens (tertiary/aromatic N) is 4. The fourth-order valence-electron chi connectivity index (χ4n) is 3.22. The molecule has 6 heteroatoms. The molecule has 1 atom stereocenters. The van der Waals surface area contributed by atoms with Gasteiger partial charge in [0.1, 0.15) is 11.5 Å². The highest BCUT2D eigenvalue weighted by Gasteiger charge is 2.34. The van der Waals surface area contributed by atoms with E-state index in [1.165, 1.54) is 10.8 Å². The molecule has 1 aliphatic rings. The van der Waals surface area contributed by atoms with Crippen LogP contribution in [0.15, 0.2) is 41.5 Å². The van der Waals surface area contributed by atoms with Crippen molar-refractivity contribution in [3.63, 3.8) is 0 Å². The van der Waals surface area contributed by atoms with E-state index in [1.54, 1.807) is 18.3 Å². The van der Waals surface area contributed by atoms with Gasteiger partial charge in [-0.2, -0.15) is 0 Å². The molecule has 0 saturated heterocycles. The molecule has 4 rings (SSSR count). The first-order valence-electron chi connectivity index (χ1n) is 8.41. The summed E-state index contributed by atoms with van der Waals surface area (Å²) in [5.41, 5.74) is 1.26. The van der Waals surface area contributed by atoms with Gasteiger partial charge in [0.2, 0.25) is 0 Å². The molecule has 5 nitrogen and oxygen atoms in total. The van der Waals surface area contributed by atoms with E-state index in [4.69, 9.17) is 0 Å². The number of aromatic nitrogens is 4. The predicted molar refractivity (Wildman–Crippen MR) is 96.3 cm³/mol. The van der Waals surface area contributed by atoms with E-state index < -0.39 is 6.17 Å². The Labute approximate surface area is 149 Å². The summed E-state index contributed by atoms with van der Waals surface area (Å²) in [4.78, 5) is 25.5. The van der Waals surface area contributed by atoms with E-state index in [9.17, 15) is 9.18 Å². The molecular weight excluding hydrogens is 331 g/mol. The Hall–Kier alpha value is -3.07. The lowest BCUT2D eigenvalue weighted by Crippen LogP contribution is -2.38. The topological polar surface area (TPSA) is 60.7 Å². The van der Waals surface area contributed by atoms with Crippen molar-refractivity contribution in [2.45, 2.75) is 33.0 Å². The molecule has 4 heterocycles. The Balaban J connectivity index is 1.81. The van der Waals surface area contributed by atoms with Gasteiger partial charge in [-0.05, 0) is 36.0 Å². The van der Waals surface area contributed by atoms with Crippen molar-refractivity contribution < 1.29 is 4.39 Å². The molecule has 1 unspecified atom stereocenters. The summed E-state index contributed by atoms with van der Waals surface area (Å²) in [5, 5.41) is 0. The van der Waals surface area contributed by atoms with E-state index in [0.29, 0.717) is 29.7 Å². The number of fused-ring (bicyclic) bond motifs is 2. The number of rotatable bonds is 0. The van der Waals surface area contributed by atoms with Crippen LogP contribution >= 0.6 is 0 Å². The molecule has 26 heavy (non-hydrogen) atoms. The normalized spacial score (nSPS) is 18.0. The summed E-state index contributed by atoms with van der Waals surface area (Å²) >= 11 is 0. The first-order chi connectivity index (χ1) is 12.4. The van der Waals surface area contributed by atoms with Crippen molar-refractivity contribution in [1.29, 1.82) is 0 Å².